The van der Waals surface area contributed by atoms with Gasteiger partial charge in [-0.05, 0) is 73.7 Å². The van der Waals surface area contributed by atoms with Crippen LogP contribution >= 0.6 is 11.8 Å². The van der Waals surface area contributed by atoms with Gasteiger partial charge in [-0.25, -0.2) is 8.78 Å². The molecule has 1 aliphatic carbocycles. The number of halogens is 2. The molecule has 3 fully saturated rings. The Bertz CT molecular complexity index is 1490. The highest BCUT2D eigenvalue weighted by molar-refractivity contribution is 8.04. The van der Waals surface area contributed by atoms with Crippen molar-refractivity contribution in [1.29, 1.82) is 0 Å². The number of fused-ring (bicyclic) bond motifs is 1. The SMILES string of the molecule is O=C(NCCCN1CCN(c2ccccc2F)CC1)C1CCC2S/C(=C\c3ccccc3)C(=O)N(Cc3ccc(F)cc3)C2C1. The van der Waals surface area contributed by atoms with Gasteiger partial charge in [0.1, 0.15) is 11.6 Å². The molecular formula is C36H40F2N4O2S. The van der Waals surface area contributed by atoms with E-state index < -0.39 is 0 Å². The van der Waals surface area contributed by atoms with Crippen molar-refractivity contribution >= 4 is 35.3 Å². The molecule has 0 bridgehead atoms. The Kier molecular flexibility index (Phi) is 10.2. The fourth-order valence-corrected chi connectivity index (χ4v) is 8.10. The third kappa shape index (κ3) is 7.76. The summed E-state index contributed by atoms with van der Waals surface area (Å²) in [6, 6.07) is 23.0. The minimum absolute atomic E-state index is 0.0365. The first-order chi connectivity index (χ1) is 21.9. The van der Waals surface area contributed by atoms with Gasteiger partial charge in [-0.1, -0.05) is 54.6 Å². The Morgan fingerprint density at radius 3 is 2.40 bits per heavy atom. The molecule has 2 heterocycles. The van der Waals surface area contributed by atoms with E-state index in [1.54, 1.807) is 30.0 Å². The van der Waals surface area contributed by atoms with E-state index in [0.717, 1.165) is 63.1 Å². The van der Waals surface area contributed by atoms with Crippen molar-refractivity contribution in [3.8, 4) is 0 Å². The Hall–Kier alpha value is -3.69. The van der Waals surface area contributed by atoms with Crippen LogP contribution in [0.3, 0.4) is 0 Å². The fourth-order valence-electron chi connectivity index (χ4n) is 6.68. The number of thioether (sulfide) groups is 1. The monoisotopic (exact) mass is 630 g/mol. The number of benzene rings is 3. The summed E-state index contributed by atoms with van der Waals surface area (Å²) in [7, 11) is 0. The molecule has 3 unspecified atom stereocenters. The van der Waals surface area contributed by atoms with Gasteiger partial charge >= 0.3 is 0 Å². The van der Waals surface area contributed by atoms with Gasteiger partial charge in [-0.15, -0.1) is 11.8 Å². The van der Waals surface area contributed by atoms with E-state index in [-0.39, 0.29) is 40.7 Å². The lowest BCUT2D eigenvalue weighted by molar-refractivity contribution is -0.133. The maximum absolute atomic E-state index is 14.2. The predicted molar refractivity (Wildman–Crippen MR) is 177 cm³/mol. The number of hydrogen-bond acceptors (Lipinski definition) is 5. The molecule has 2 saturated heterocycles. The van der Waals surface area contributed by atoms with Crippen LogP contribution in [0.5, 0.6) is 0 Å². The number of carbonyl (C=O) groups excluding carboxylic acids is 2. The average Bonchev–Trinajstić information content (AvgIpc) is 3.07. The molecule has 9 heteroatoms. The summed E-state index contributed by atoms with van der Waals surface area (Å²) in [5.74, 6) is -0.616. The summed E-state index contributed by atoms with van der Waals surface area (Å²) in [5, 5.41) is 3.36. The number of hydrogen-bond donors (Lipinski definition) is 1. The highest BCUT2D eigenvalue weighted by Gasteiger charge is 2.44. The van der Waals surface area contributed by atoms with E-state index >= 15 is 0 Å². The van der Waals surface area contributed by atoms with Gasteiger partial charge in [0.05, 0.1) is 10.6 Å². The smallest absolute Gasteiger partial charge is 0.260 e. The fraction of sp³-hybridized carbons (Fsp3) is 0.389. The first kappa shape index (κ1) is 31.3. The Balaban J connectivity index is 1.03. The molecule has 0 radical (unpaired) electrons. The van der Waals surface area contributed by atoms with E-state index in [2.05, 4.69) is 15.1 Å². The highest BCUT2D eigenvalue weighted by Crippen LogP contribution is 2.44. The second-order valence-electron chi connectivity index (χ2n) is 12.1. The maximum atomic E-state index is 14.2. The van der Waals surface area contributed by atoms with Crippen LogP contribution in [-0.2, 0) is 16.1 Å². The van der Waals surface area contributed by atoms with Crippen molar-refractivity contribution in [1.82, 2.24) is 15.1 Å². The van der Waals surface area contributed by atoms with Crippen molar-refractivity contribution in [3.63, 3.8) is 0 Å². The van der Waals surface area contributed by atoms with Crippen molar-refractivity contribution in [3.05, 3.63) is 107 Å². The second-order valence-corrected chi connectivity index (χ2v) is 13.4. The molecule has 6 nitrogen and oxygen atoms in total. The zero-order valence-electron chi connectivity index (χ0n) is 25.4. The van der Waals surface area contributed by atoms with Crippen LogP contribution < -0.4 is 10.2 Å². The van der Waals surface area contributed by atoms with Crippen molar-refractivity contribution in [2.75, 3.05) is 44.2 Å². The highest BCUT2D eigenvalue weighted by atomic mass is 32.2. The Labute approximate surface area is 268 Å². The van der Waals surface area contributed by atoms with E-state index in [4.69, 9.17) is 0 Å². The van der Waals surface area contributed by atoms with Gasteiger partial charge in [0.2, 0.25) is 5.91 Å². The van der Waals surface area contributed by atoms with E-state index in [9.17, 15) is 18.4 Å². The summed E-state index contributed by atoms with van der Waals surface area (Å²) in [4.78, 5) is 34.2. The number of carbonyl (C=O) groups is 2. The largest absolute Gasteiger partial charge is 0.367 e. The van der Waals surface area contributed by atoms with Crippen LogP contribution in [0.1, 0.15) is 36.8 Å². The van der Waals surface area contributed by atoms with Gasteiger partial charge in [0, 0.05) is 56.5 Å². The summed E-state index contributed by atoms with van der Waals surface area (Å²) in [6.45, 7) is 5.17. The lowest BCUT2D eigenvalue weighted by Crippen LogP contribution is -2.53. The second kappa shape index (κ2) is 14.6. The first-order valence-corrected chi connectivity index (χ1v) is 16.8. The van der Waals surface area contributed by atoms with Gasteiger partial charge in [0.25, 0.3) is 5.91 Å². The summed E-state index contributed by atoms with van der Waals surface area (Å²) >= 11 is 1.63. The first-order valence-electron chi connectivity index (χ1n) is 15.9. The molecule has 2 aliphatic heterocycles. The quantitative estimate of drug-likeness (QED) is 0.234. The van der Waals surface area contributed by atoms with Gasteiger partial charge in [0.15, 0.2) is 0 Å². The van der Waals surface area contributed by atoms with Gasteiger partial charge in [-0.3, -0.25) is 14.5 Å². The van der Waals surface area contributed by atoms with Crippen LogP contribution in [-0.4, -0.2) is 72.2 Å². The van der Waals surface area contributed by atoms with Crippen LogP contribution in [0.15, 0.2) is 83.8 Å². The lowest BCUT2D eigenvalue weighted by atomic mass is 9.83. The number of anilines is 1. The Morgan fingerprint density at radius 2 is 1.64 bits per heavy atom. The molecule has 3 aromatic carbocycles. The normalized spacial score (nSPS) is 23.2. The minimum atomic E-state index is -0.305. The molecule has 3 atom stereocenters. The van der Waals surface area contributed by atoms with Crippen molar-refractivity contribution in [2.45, 2.75) is 43.5 Å². The molecule has 1 N–H and O–H groups in total. The van der Waals surface area contributed by atoms with Crippen LogP contribution in [0.25, 0.3) is 6.08 Å². The third-order valence-electron chi connectivity index (χ3n) is 9.16. The molecule has 2 amide bonds. The third-order valence-corrected chi connectivity index (χ3v) is 10.6. The molecule has 45 heavy (non-hydrogen) atoms. The number of rotatable bonds is 9. The average molecular weight is 631 g/mol. The number of amides is 2. The van der Waals surface area contributed by atoms with Crippen LogP contribution in [0.2, 0.25) is 0 Å². The van der Waals surface area contributed by atoms with Crippen LogP contribution in [0, 0.1) is 17.6 Å². The topological polar surface area (TPSA) is 55.9 Å². The van der Waals surface area contributed by atoms with Crippen molar-refractivity contribution in [2.24, 2.45) is 5.92 Å². The van der Waals surface area contributed by atoms with E-state index in [0.29, 0.717) is 30.1 Å². The zero-order chi connectivity index (χ0) is 31.2. The molecule has 236 valence electrons. The van der Waals surface area contributed by atoms with Gasteiger partial charge in [-0.2, -0.15) is 0 Å². The molecule has 1 saturated carbocycles. The lowest BCUT2D eigenvalue weighted by Gasteiger charge is -2.46. The predicted octanol–water partition coefficient (Wildman–Crippen LogP) is 5.95. The number of piperazine rings is 1. The summed E-state index contributed by atoms with van der Waals surface area (Å²) < 4.78 is 27.8. The summed E-state index contributed by atoms with van der Waals surface area (Å²) in [5.41, 5.74) is 2.52. The molecule has 6 rings (SSSR count). The molecule has 3 aliphatic rings. The minimum Gasteiger partial charge on any atom is -0.367 e. The number of nitrogens with zero attached hydrogens (tertiary/aromatic N) is 3. The zero-order valence-corrected chi connectivity index (χ0v) is 26.2. The molecule has 0 aromatic heterocycles. The summed E-state index contributed by atoms with van der Waals surface area (Å²) in [6.07, 6.45) is 5.06. The van der Waals surface area contributed by atoms with E-state index in [1.165, 1.54) is 18.2 Å². The van der Waals surface area contributed by atoms with Crippen molar-refractivity contribution < 1.29 is 18.4 Å². The standard InChI is InChI=1S/C36H40F2N4O2S/c37-29-14-11-27(12-15-29)25-42-32-24-28(13-16-33(32)45-34(36(42)44)23-26-7-2-1-3-8-26)35(43)39-17-6-18-40-19-21-41(22-20-40)31-10-5-4-9-30(31)38/h1-5,7-12,14-15,23,28,32-33H,6,13,16-22,24-25H2,(H,39,43)/b34-23-. The maximum Gasteiger partial charge on any atom is 0.260 e. The molecule has 0 spiro atoms. The number of nitrogens with one attached hydrogen (secondary N) is 1. The molecular weight excluding hydrogens is 590 g/mol. The van der Waals surface area contributed by atoms with E-state index in [1.807, 2.05) is 53.4 Å². The Morgan fingerprint density at radius 1 is 0.911 bits per heavy atom. The number of para-hydroxylation sites is 1. The van der Waals surface area contributed by atoms with Gasteiger partial charge < -0.3 is 15.1 Å². The molecule has 3 aromatic rings. The van der Waals surface area contributed by atoms with Crippen LogP contribution in [0.4, 0.5) is 14.5 Å².